The lowest BCUT2D eigenvalue weighted by atomic mass is 10.1. The van der Waals surface area contributed by atoms with E-state index in [0.717, 1.165) is 5.56 Å². The molecule has 0 spiro atoms. The van der Waals surface area contributed by atoms with Gasteiger partial charge in [0.15, 0.2) is 0 Å². The van der Waals surface area contributed by atoms with Crippen LogP contribution < -0.4 is 5.32 Å². The Hall–Kier alpha value is -1.63. The molecular formula is C14H18BrFN2O3. The molecule has 5 nitrogen and oxygen atoms in total. The number of hydrogen-bond donors (Lipinski definition) is 2. The number of nitrogens with one attached hydrogen (secondary N) is 1. The quantitative estimate of drug-likeness (QED) is 0.819. The maximum absolute atomic E-state index is 13.1. The van der Waals surface area contributed by atoms with Gasteiger partial charge in [-0.1, -0.05) is 6.07 Å². The van der Waals surface area contributed by atoms with E-state index in [2.05, 4.69) is 21.2 Å². The van der Waals surface area contributed by atoms with Gasteiger partial charge >= 0.3 is 12.0 Å². The minimum atomic E-state index is -0.945. The highest BCUT2D eigenvalue weighted by Gasteiger charge is 2.13. The van der Waals surface area contributed by atoms with Crippen molar-refractivity contribution in [2.75, 3.05) is 13.6 Å². The Bertz CT molecular complexity index is 525. The van der Waals surface area contributed by atoms with E-state index in [1.165, 1.54) is 11.0 Å². The van der Waals surface area contributed by atoms with Crippen LogP contribution in [0.25, 0.3) is 0 Å². The summed E-state index contributed by atoms with van der Waals surface area (Å²) >= 11 is 3.12. The third-order valence-corrected chi connectivity index (χ3v) is 3.51. The Morgan fingerprint density at radius 2 is 2.14 bits per heavy atom. The fourth-order valence-corrected chi connectivity index (χ4v) is 2.18. The summed E-state index contributed by atoms with van der Waals surface area (Å²) in [5.41, 5.74) is 0.893. The summed E-state index contributed by atoms with van der Waals surface area (Å²) in [7, 11) is 1.54. The Labute approximate surface area is 131 Å². The molecule has 116 valence electrons. The molecule has 1 aromatic rings. The number of halogens is 2. The number of benzene rings is 1. The molecule has 0 saturated carbocycles. The van der Waals surface area contributed by atoms with Gasteiger partial charge in [-0.25, -0.2) is 9.18 Å². The number of urea groups is 1. The van der Waals surface area contributed by atoms with Crippen molar-refractivity contribution < 1.29 is 19.1 Å². The molecule has 0 radical (unpaired) electrons. The summed E-state index contributed by atoms with van der Waals surface area (Å²) in [5, 5.41) is 11.3. The van der Waals surface area contributed by atoms with Crippen LogP contribution in [0, 0.1) is 5.82 Å². The fraction of sp³-hybridized carbons (Fsp3) is 0.429. The maximum Gasteiger partial charge on any atom is 0.317 e. The number of rotatable bonds is 6. The first-order valence-electron chi connectivity index (χ1n) is 6.47. The van der Waals surface area contributed by atoms with Crippen LogP contribution in [0.15, 0.2) is 22.7 Å². The Morgan fingerprint density at radius 1 is 1.48 bits per heavy atom. The highest BCUT2D eigenvalue weighted by atomic mass is 79.9. The average Bonchev–Trinajstić information content (AvgIpc) is 2.40. The lowest BCUT2D eigenvalue weighted by molar-refractivity contribution is -0.137. The number of nitrogens with zero attached hydrogens (tertiary/aromatic N) is 1. The van der Waals surface area contributed by atoms with Gasteiger partial charge in [0.2, 0.25) is 0 Å². The molecule has 2 amide bonds. The van der Waals surface area contributed by atoms with Gasteiger partial charge < -0.3 is 15.3 Å². The van der Waals surface area contributed by atoms with E-state index >= 15 is 0 Å². The summed E-state index contributed by atoms with van der Waals surface area (Å²) < 4.78 is 13.5. The van der Waals surface area contributed by atoms with Crippen molar-refractivity contribution in [3.63, 3.8) is 0 Å². The summed E-state index contributed by atoms with van der Waals surface area (Å²) in [6.07, 6.45) is 0.459. The van der Waals surface area contributed by atoms with Crippen molar-refractivity contribution in [3.8, 4) is 0 Å². The molecular weight excluding hydrogens is 343 g/mol. The van der Waals surface area contributed by atoms with Gasteiger partial charge in [0.25, 0.3) is 0 Å². The van der Waals surface area contributed by atoms with E-state index in [4.69, 9.17) is 5.11 Å². The second-order valence-corrected chi connectivity index (χ2v) is 5.72. The molecule has 0 fully saturated rings. The minimum absolute atomic E-state index is 0.0940. The van der Waals surface area contributed by atoms with Crippen LogP contribution >= 0.6 is 15.9 Å². The molecule has 1 rings (SSSR count). The normalized spacial score (nSPS) is 11.8. The molecule has 0 aromatic heterocycles. The molecule has 7 heteroatoms. The number of aliphatic carboxylic acids is 1. The van der Waals surface area contributed by atoms with E-state index in [1.807, 2.05) is 6.92 Å². The van der Waals surface area contributed by atoms with E-state index in [9.17, 15) is 14.0 Å². The van der Waals surface area contributed by atoms with Crippen LogP contribution in [-0.4, -0.2) is 41.6 Å². The second-order valence-electron chi connectivity index (χ2n) is 4.87. The third-order valence-electron chi connectivity index (χ3n) is 2.90. The van der Waals surface area contributed by atoms with Crippen LogP contribution in [0.2, 0.25) is 0 Å². The summed E-state index contributed by atoms with van der Waals surface area (Å²) in [6, 6.07) is 4.22. The lowest BCUT2D eigenvalue weighted by Crippen LogP contribution is -2.43. The van der Waals surface area contributed by atoms with Crippen molar-refractivity contribution in [2.45, 2.75) is 25.8 Å². The Morgan fingerprint density at radius 3 is 2.71 bits per heavy atom. The highest BCUT2D eigenvalue weighted by molar-refractivity contribution is 9.10. The summed E-state index contributed by atoms with van der Waals surface area (Å²) in [6.45, 7) is 1.98. The summed E-state index contributed by atoms with van der Waals surface area (Å²) in [5.74, 6) is -1.28. The Kier molecular flexibility index (Phi) is 6.61. The van der Waals surface area contributed by atoms with Gasteiger partial charge in [0, 0.05) is 19.6 Å². The molecule has 21 heavy (non-hydrogen) atoms. The average molecular weight is 361 g/mol. The van der Waals surface area contributed by atoms with Crippen molar-refractivity contribution in [3.05, 3.63) is 34.1 Å². The van der Waals surface area contributed by atoms with E-state index in [1.54, 1.807) is 19.2 Å². The van der Waals surface area contributed by atoms with E-state index < -0.39 is 5.97 Å². The Balaban J connectivity index is 2.48. The molecule has 2 N–H and O–H groups in total. The van der Waals surface area contributed by atoms with E-state index in [-0.39, 0.29) is 30.9 Å². The molecule has 1 aromatic carbocycles. The van der Waals surface area contributed by atoms with Gasteiger partial charge in [-0.2, -0.15) is 0 Å². The molecule has 0 saturated heterocycles. The predicted octanol–water partition coefficient (Wildman–Crippen LogP) is 2.64. The van der Waals surface area contributed by atoms with Crippen molar-refractivity contribution in [1.82, 2.24) is 10.2 Å². The predicted molar refractivity (Wildman–Crippen MR) is 80.7 cm³/mol. The third kappa shape index (κ3) is 6.12. The van der Waals surface area contributed by atoms with Crippen molar-refractivity contribution in [1.29, 1.82) is 0 Å². The van der Waals surface area contributed by atoms with Gasteiger partial charge in [0.05, 0.1) is 10.9 Å². The second kappa shape index (κ2) is 7.97. The SMILES string of the molecule is CC(Cc1ccc(F)c(Br)c1)NC(=O)N(C)CCC(=O)O. The van der Waals surface area contributed by atoms with E-state index in [0.29, 0.717) is 10.9 Å². The van der Waals surface area contributed by atoms with Crippen LogP contribution in [-0.2, 0) is 11.2 Å². The van der Waals surface area contributed by atoms with Crippen LogP contribution in [0.3, 0.4) is 0 Å². The molecule has 0 aliphatic carbocycles. The number of carboxylic acids is 1. The molecule has 0 heterocycles. The number of carbonyl (C=O) groups is 2. The zero-order chi connectivity index (χ0) is 16.0. The van der Waals surface area contributed by atoms with Gasteiger partial charge in [0.1, 0.15) is 5.82 Å². The van der Waals surface area contributed by atoms with Crippen LogP contribution in [0.1, 0.15) is 18.9 Å². The fourth-order valence-electron chi connectivity index (χ4n) is 1.76. The van der Waals surface area contributed by atoms with Gasteiger partial charge in [-0.05, 0) is 47.0 Å². The first-order chi connectivity index (χ1) is 9.79. The monoisotopic (exact) mass is 360 g/mol. The lowest BCUT2D eigenvalue weighted by Gasteiger charge is -2.21. The molecule has 1 atom stereocenters. The molecule has 0 bridgehead atoms. The minimum Gasteiger partial charge on any atom is -0.481 e. The maximum atomic E-state index is 13.1. The van der Waals surface area contributed by atoms with Gasteiger partial charge in [-0.3, -0.25) is 4.79 Å². The number of hydrogen-bond acceptors (Lipinski definition) is 2. The number of carboxylic acid groups (broad SMARTS) is 1. The first-order valence-corrected chi connectivity index (χ1v) is 7.26. The zero-order valence-electron chi connectivity index (χ0n) is 11.9. The smallest absolute Gasteiger partial charge is 0.317 e. The number of amides is 2. The molecule has 0 aliphatic heterocycles. The summed E-state index contributed by atoms with van der Waals surface area (Å²) in [4.78, 5) is 23.6. The molecule has 0 aliphatic rings. The van der Waals surface area contributed by atoms with Gasteiger partial charge in [-0.15, -0.1) is 0 Å². The topological polar surface area (TPSA) is 69.6 Å². The zero-order valence-corrected chi connectivity index (χ0v) is 13.5. The standard InChI is InChI=1S/C14H18BrFN2O3/c1-9(7-10-3-4-12(16)11(15)8-10)17-14(21)18(2)6-5-13(19)20/h3-4,8-9H,5-7H2,1-2H3,(H,17,21)(H,19,20). The first kappa shape index (κ1) is 17.4. The van der Waals surface area contributed by atoms with Crippen LogP contribution in [0.4, 0.5) is 9.18 Å². The van der Waals surface area contributed by atoms with Crippen LogP contribution in [0.5, 0.6) is 0 Å². The van der Waals surface area contributed by atoms with Crippen molar-refractivity contribution >= 4 is 27.9 Å². The number of carbonyl (C=O) groups excluding carboxylic acids is 1. The highest BCUT2D eigenvalue weighted by Crippen LogP contribution is 2.17. The largest absolute Gasteiger partial charge is 0.481 e. The molecule has 1 unspecified atom stereocenters. The van der Waals surface area contributed by atoms with Crippen molar-refractivity contribution in [2.24, 2.45) is 0 Å².